The molecular formula is C11H13F3N4. The summed E-state index contributed by atoms with van der Waals surface area (Å²) < 4.78 is 38.0. The normalized spacial score (nSPS) is 23.0. The first-order valence-corrected chi connectivity index (χ1v) is 5.76. The predicted molar refractivity (Wildman–Crippen MR) is 61.6 cm³/mol. The van der Waals surface area contributed by atoms with E-state index >= 15 is 0 Å². The molecule has 1 saturated heterocycles. The lowest BCUT2D eigenvalue weighted by Gasteiger charge is -2.34. The van der Waals surface area contributed by atoms with Gasteiger partial charge >= 0.3 is 6.18 Å². The molecule has 7 heteroatoms. The molecule has 3 heterocycles. The van der Waals surface area contributed by atoms with Crippen molar-refractivity contribution in [2.45, 2.75) is 12.3 Å². The average Bonchev–Trinajstić information content (AvgIpc) is 2.63. The maximum Gasteiger partial charge on any atom is 0.417 e. The van der Waals surface area contributed by atoms with Gasteiger partial charge in [0, 0.05) is 32.9 Å². The molecule has 0 spiro atoms. The molecule has 1 aromatic rings. The first-order chi connectivity index (χ1) is 8.48. The predicted octanol–water partition coefficient (Wildman–Crippen LogP) is 1.29. The molecule has 0 radical (unpaired) electrons. The van der Waals surface area contributed by atoms with E-state index in [0.29, 0.717) is 11.5 Å². The molecule has 1 N–H and O–H groups in total. The quantitative estimate of drug-likeness (QED) is 0.759. The van der Waals surface area contributed by atoms with E-state index in [4.69, 9.17) is 0 Å². The molecule has 1 atom stereocenters. The van der Waals surface area contributed by atoms with Crippen molar-refractivity contribution < 1.29 is 13.2 Å². The second-order valence-corrected chi connectivity index (χ2v) is 4.55. The number of halogens is 3. The Morgan fingerprint density at radius 1 is 1.44 bits per heavy atom. The van der Waals surface area contributed by atoms with Crippen LogP contribution in [0.4, 0.5) is 24.7 Å². The van der Waals surface area contributed by atoms with Crippen LogP contribution in [0.2, 0.25) is 0 Å². The van der Waals surface area contributed by atoms with Crippen LogP contribution in [-0.2, 0) is 6.18 Å². The molecule has 4 nitrogen and oxygen atoms in total. The van der Waals surface area contributed by atoms with Crippen LogP contribution in [0.1, 0.15) is 5.56 Å². The second-order valence-electron chi connectivity index (χ2n) is 4.55. The number of pyridine rings is 1. The highest BCUT2D eigenvalue weighted by Crippen LogP contribution is 2.40. The van der Waals surface area contributed by atoms with Crippen LogP contribution in [0, 0.1) is 0 Å². The van der Waals surface area contributed by atoms with Gasteiger partial charge < -0.3 is 15.1 Å². The molecule has 18 heavy (non-hydrogen) atoms. The van der Waals surface area contributed by atoms with E-state index in [1.807, 2.05) is 9.80 Å². The van der Waals surface area contributed by atoms with Gasteiger partial charge in [-0.2, -0.15) is 13.2 Å². The van der Waals surface area contributed by atoms with Gasteiger partial charge in [-0.15, -0.1) is 0 Å². The Balaban J connectivity index is 2.03. The van der Waals surface area contributed by atoms with E-state index in [1.54, 1.807) is 7.05 Å². The summed E-state index contributed by atoms with van der Waals surface area (Å²) in [6, 6.07) is 1.18. The van der Waals surface area contributed by atoms with E-state index < -0.39 is 11.7 Å². The fourth-order valence-corrected chi connectivity index (χ4v) is 2.53. The van der Waals surface area contributed by atoms with Crippen LogP contribution in [0.15, 0.2) is 12.3 Å². The minimum Gasteiger partial charge on any atom is -0.350 e. The number of anilines is 2. The highest BCUT2D eigenvalue weighted by Gasteiger charge is 2.39. The van der Waals surface area contributed by atoms with Crippen LogP contribution in [0.3, 0.4) is 0 Å². The van der Waals surface area contributed by atoms with Crippen LogP contribution < -0.4 is 15.1 Å². The van der Waals surface area contributed by atoms with Crippen molar-refractivity contribution in [3.8, 4) is 0 Å². The fourth-order valence-electron chi connectivity index (χ4n) is 2.53. The van der Waals surface area contributed by atoms with Gasteiger partial charge in [-0.1, -0.05) is 0 Å². The maximum atomic E-state index is 12.7. The first-order valence-electron chi connectivity index (χ1n) is 5.76. The number of hydrogen-bond donors (Lipinski definition) is 1. The summed E-state index contributed by atoms with van der Waals surface area (Å²) in [6.07, 6.45) is -3.37. The monoisotopic (exact) mass is 258 g/mol. The Labute approximate surface area is 102 Å². The number of likely N-dealkylation sites (N-methyl/N-ethyl adjacent to an activating group) is 1. The zero-order valence-corrected chi connectivity index (χ0v) is 9.83. The first kappa shape index (κ1) is 11.6. The summed E-state index contributed by atoms with van der Waals surface area (Å²) in [7, 11) is 1.80. The standard InChI is InChI=1S/C11H13F3N4/c1-17-8-4-7(11(12,13)14)5-16-10(8)18-3-2-15-6-9(17)18/h4-5,9,15H,2-3,6H2,1H3/t9-/m1/s1. The van der Waals surface area contributed by atoms with Crippen molar-refractivity contribution >= 4 is 11.5 Å². The molecule has 98 valence electrons. The zero-order valence-electron chi connectivity index (χ0n) is 9.83. The summed E-state index contributed by atoms with van der Waals surface area (Å²) >= 11 is 0. The van der Waals surface area contributed by atoms with E-state index in [2.05, 4.69) is 10.3 Å². The highest BCUT2D eigenvalue weighted by atomic mass is 19.4. The number of piperazine rings is 1. The van der Waals surface area contributed by atoms with E-state index in [0.717, 1.165) is 25.8 Å². The van der Waals surface area contributed by atoms with Crippen molar-refractivity contribution in [1.29, 1.82) is 0 Å². The van der Waals surface area contributed by atoms with Gasteiger partial charge in [0.25, 0.3) is 0 Å². The van der Waals surface area contributed by atoms with Gasteiger partial charge in [0.1, 0.15) is 6.17 Å². The lowest BCUT2D eigenvalue weighted by Crippen LogP contribution is -2.55. The number of fused-ring (bicyclic) bond motifs is 3. The summed E-state index contributed by atoms with van der Waals surface area (Å²) in [5.74, 6) is 0.650. The van der Waals surface area contributed by atoms with Crippen molar-refractivity contribution in [2.24, 2.45) is 0 Å². The summed E-state index contributed by atoms with van der Waals surface area (Å²) in [5, 5.41) is 3.23. The third kappa shape index (κ3) is 1.61. The zero-order chi connectivity index (χ0) is 12.9. The van der Waals surface area contributed by atoms with Gasteiger partial charge in [0.05, 0.1) is 11.3 Å². The molecule has 2 aliphatic rings. The summed E-state index contributed by atoms with van der Waals surface area (Å²) in [6.45, 7) is 2.32. The molecule has 0 bridgehead atoms. The van der Waals surface area contributed by atoms with Crippen LogP contribution in [0.25, 0.3) is 0 Å². The van der Waals surface area contributed by atoms with Gasteiger partial charge in [0.2, 0.25) is 0 Å². The Bertz CT molecular complexity index is 474. The van der Waals surface area contributed by atoms with Crippen molar-refractivity contribution in [2.75, 3.05) is 36.5 Å². The summed E-state index contributed by atoms with van der Waals surface area (Å²) in [5.41, 5.74) is -0.139. The molecule has 0 amide bonds. The Morgan fingerprint density at radius 2 is 2.22 bits per heavy atom. The molecule has 0 aromatic carbocycles. The maximum absolute atomic E-state index is 12.7. The van der Waals surface area contributed by atoms with Crippen molar-refractivity contribution in [1.82, 2.24) is 10.3 Å². The van der Waals surface area contributed by atoms with E-state index in [-0.39, 0.29) is 6.17 Å². The van der Waals surface area contributed by atoms with Gasteiger partial charge in [0.15, 0.2) is 5.82 Å². The number of aromatic nitrogens is 1. The number of nitrogens with one attached hydrogen (secondary N) is 1. The largest absolute Gasteiger partial charge is 0.417 e. The fraction of sp³-hybridized carbons (Fsp3) is 0.545. The topological polar surface area (TPSA) is 31.4 Å². The number of alkyl halides is 3. The molecule has 1 fully saturated rings. The third-order valence-corrected chi connectivity index (χ3v) is 3.49. The minimum atomic E-state index is -4.34. The SMILES string of the molecule is CN1c2cc(C(F)(F)F)cnc2N2CCNC[C@H]12. The lowest BCUT2D eigenvalue weighted by molar-refractivity contribution is -0.137. The lowest BCUT2D eigenvalue weighted by atomic mass is 10.2. The second kappa shape index (κ2) is 3.74. The van der Waals surface area contributed by atoms with Gasteiger partial charge in [-0.25, -0.2) is 4.98 Å². The Morgan fingerprint density at radius 3 is 2.94 bits per heavy atom. The number of nitrogens with zero attached hydrogens (tertiary/aromatic N) is 3. The van der Waals surface area contributed by atoms with E-state index in [1.165, 1.54) is 6.07 Å². The Kier molecular flexibility index (Phi) is 2.41. The molecule has 0 aliphatic carbocycles. The molecule has 0 unspecified atom stereocenters. The molecule has 3 rings (SSSR count). The van der Waals surface area contributed by atoms with Crippen LogP contribution >= 0.6 is 0 Å². The van der Waals surface area contributed by atoms with Gasteiger partial charge in [-0.3, -0.25) is 0 Å². The smallest absolute Gasteiger partial charge is 0.350 e. The highest BCUT2D eigenvalue weighted by molar-refractivity contribution is 5.74. The van der Waals surface area contributed by atoms with Crippen molar-refractivity contribution in [3.05, 3.63) is 17.8 Å². The summed E-state index contributed by atoms with van der Waals surface area (Å²) in [4.78, 5) is 7.90. The molecular weight excluding hydrogens is 245 g/mol. The average molecular weight is 258 g/mol. The number of hydrogen-bond acceptors (Lipinski definition) is 4. The van der Waals surface area contributed by atoms with Crippen LogP contribution in [0.5, 0.6) is 0 Å². The molecule has 0 saturated carbocycles. The number of rotatable bonds is 0. The van der Waals surface area contributed by atoms with Gasteiger partial charge in [-0.05, 0) is 6.07 Å². The third-order valence-electron chi connectivity index (χ3n) is 3.49. The molecule has 1 aromatic heterocycles. The van der Waals surface area contributed by atoms with Crippen LogP contribution in [-0.4, -0.2) is 37.8 Å². The molecule has 2 aliphatic heterocycles. The Hall–Kier alpha value is -1.50. The van der Waals surface area contributed by atoms with E-state index in [9.17, 15) is 13.2 Å². The minimum absolute atomic E-state index is 0.0599. The van der Waals surface area contributed by atoms with Crippen molar-refractivity contribution in [3.63, 3.8) is 0 Å².